The lowest BCUT2D eigenvalue weighted by molar-refractivity contribution is 0.161. The molecule has 1 aromatic heterocycles. The largest absolute Gasteiger partial charge is 0.478 e. The number of aliphatic hydroxyl groups excluding tert-OH is 1. The summed E-state index contributed by atoms with van der Waals surface area (Å²) in [6.45, 7) is 9.00. The summed E-state index contributed by atoms with van der Waals surface area (Å²) in [5.41, 5.74) is 0.842. The summed E-state index contributed by atoms with van der Waals surface area (Å²) >= 11 is 0. The number of hydrogen-bond acceptors (Lipinski definition) is 5. The summed E-state index contributed by atoms with van der Waals surface area (Å²) < 4.78 is 5.35. The van der Waals surface area contributed by atoms with E-state index in [0.717, 1.165) is 12.1 Å². The Bertz CT molecular complexity index is 369. The van der Waals surface area contributed by atoms with Crippen molar-refractivity contribution in [1.82, 2.24) is 9.97 Å². The molecule has 1 heterocycles. The van der Waals surface area contributed by atoms with Gasteiger partial charge in [0.25, 0.3) is 0 Å². The van der Waals surface area contributed by atoms with Crippen molar-refractivity contribution in [2.24, 2.45) is 5.92 Å². The van der Waals surface area contributed by atoms with Crippen LogP contribution in [0.15, 0.2) is 6.07 Å². The van der Waals surface area contributed by atoms with Crippen LogP contribution in [0.25, 0.3) is 0 Å². The lowest BCUT2D eigenvalue weighted by atomic mass is 10.1. The highest BCUT2D eigenvalue weighted by molar-refractivity contribution is 5.30. The second-order valence-electron chi connectivity index (χ2n) is 4.77. The predicted molar refractivity (Wildman–Crippen MR) is 71.9 cm³/mol. The molecule has 0 amide bonds. The lowest BCUT2D eigenvalue weighted by Gasteiger charge is -2.14. The van der Waals surface area contributed by atoms with Crippen LogP contribution >= 0.6 is 0 Å². The minimum absolute atomic E-state index is 0.385. The van der Waals surface area contributed by atoms with E-state index in [1.54, 1.807) is 6.07 Å². The standard InChI is InChI=1S/C13H23N3O2/c1-5-18-12-7-10(4)15-13(16-12)14-8-11(17)6-9(2)3/h7,9,11,17H,5-6,8H2,1-4H3,(H,14,15,16). The van der Waals surface area contributed by atoms with E-state index in [9.17, 15) is 5.11 Å². The van der Waals surface area contributed by atoms with E-state index in [1.165, 1.54) is 0 Å². The molecular formula is C13H23N3O2. The summed E-state index contributed by atoms with van der Waals surface area (Å²) in [6, 6.07) is 1.79. The van der Waals surface area contributed by atoms with E-state index in [-0.39, 0.29) is 6.10 Å². The van der Waals surface area contributed by atoms with E-state index in [0.29, 0.717) is 30.9 Å². The highest BCUT2D eigenvalue weighted by Crippen LogP contribution is 2.12. The van der Waals surface area contributed by atoms with Gasteiger partial charge >= 0.3 is 0 Å². The average molecular weight is 253 g/mol. The van der Waals surface area contributed by atoms with Crippen molar-refractivity contribution < 1.29 is 9.84 Å². The van der Waals surface area contributed by atoms with Gasteiger partial charge in [0, 0.05) is 18.3 Å². The number of aromatic nitrogens is 2. The van der Waals surface area contributed by atoms with Gasteiger partial charge in [-0.05, 0) is 26.2 Å². The van der Waals surface area contributed by atoms with Crippen molar-refractivity contribution in [3.63, 3.8) is 0 Å². The average Bonchev–Trinajstić information content (AvgIpc) is 2.25. The Labute approximate surface area is 109 Å². The second-order valence-corrected chi connectivity index (χ2v) is 4.77. The summed E-state index contributed by atoms with van der Waals surface area (Å²) in [6.07, 6.45) is 0.376. The molecule has 2 N–H and O–H groups in total. The molecule has 1 atom stereocenters. The normalized spacial score (nSPS) is 12.6. The number of nitrogens with one attached hydrogen (secondary N) is 1. The van der Waals surface area contributed by atoms with Crippen molar-refractivity contribution in [3.8, 4) is 5.88 Å². The summed E-state index contributed by atoms with van der Waals surface area (Å²) in [7, 11) is 0. The molecule has 0 aliphatic heterocycles. The van der Waals surface area contributed by atoms with Gasteiger partial charge in [0.1, 0.15) is 0 Å². The zero-order chi connectivity index (χ0) is 13.5. The molecule has 18 heavy (non-hydrogen) atoms. The molecule has 1 rings (SSSR count). The lowest BCUT2D eigenvalue weighted by Crippen LogP contribution is -2.22. The van der Waals surface area contributed by atoms with Crippen LogP contribution in [0, 0.1) is 12.8 Å². The number of nitrogens with zero attached hydrogens (tertiary/aromatic N) is 2. The molecular weight excluding hydrogens is 230 g/mol. The van der Waals surface area contributed by atoms with Gasteiger partial charge in [0.2, 0.25) is 11.8 Å². The molecule has 1 unspecified atom stereocenters. The molecule has 102 valence electrons. The van der Waals surface area contributed by atoms with E-state index >= 15 is 0 Å². The van der Waals surface area contributed by atoms with Gasteiger partial charge in [0.05, 0.1) is 12.7 Å². The molecule has 1 aromatic rings. The summed E-state index contributed by atoms with van der Waals surface area (Å²) in [5, 5.41) is 12.8. The van der Waals surface area contributed by atoms with Crippen molar-refractivity contribution >= 4 is 5.95 Å². The van der Waals surface area contributed by atoms with Crippen molar-refractivity contribution in [2.75, 3.05) is 18.5 Å². The fourth-order valence-corrected chi connectivity index (χ4v) is 1.68. The van der Waals surface area contributed by atoms with Crippen LogP contribution in [-0.4, -0.2) is 34.3 Å². The number of anilines is 1. The molecule has 0 aliphatic rings. The Hall–Kier alpha value is -1.36. The molecule has 0 saturated carbocycles. The van der Waals surface area contributed by atoms with Crippen LogP contribution in [-0.2, 0) is 0 Å². The Kier molecular flexibility index (Phi) is 5.85. The molecule has 0 fully saturated rings. The monoisotopic (exact) mass is 253 g/mol. The van der Waals surface area contributed by atoms with Gasteiger partial charge in [-0.15, -0.1) is 0 Å². The first-order valence-electron chi connectivity index (χ1n) is 6.41. The minimum Gasteiger partial charge on any atom is -0.478 e. The molecule has 0 aliphatic carbocycles. The Morgan fingerprint density at radius 3 is 2.72 bits per heavy atom. The van der Waals surface area contributed by atoms with Crippen molar-refractivity contribution in [3.05, 3.63) is 11.8 Å². The number of hydrogen-bond donors (Lipinski definition) is 2. The molecule has 0 spiro atoms. The zero-order valence-electron chi connectivity index (χ0n) is 11.6. The van der Waals surface area contributed by atoms with Gasteiger partial charge in [-0.2, -0.15) is 4.98 Å². The van der Waals surface area contributed by atoms with E-state index in [2.05, 4.69) is 29.1 Å². The molecule has 0 aromatic carbocycles. The van der Waals surface area contributed by atoms with Crippen LogP contribution in [0.5, 0.6) is 5.88 Å². The smallest absolute Gasteiger partial charge is 0.226 e. The van der Waals surface area contributed by atoms with E-state index in [1.807, 2.05) is 13.8 Å². The number of aryl methyl sites for hydroxylation is 1. The minimum atomic E-state index is -0.385. The van der Waals surface area contributed by atoms with Gasteiger partial charge in [-0.25, -0.2) is 4.98 Å². The number of rotatable bonds is 7. The SMILES string of the molecule is CCOc1cc(C)nc(NCC(O)CC(C)C)n1. The summed E-state index contributed by atoms with van der Waals surface area (Å²) in [5.74, 6) is 1.53. The highest BCUT2D eigenvalue weighted by Gasteiger charge is 2.08. The first-order valence-corrected chi connectivity index (χ1v) is 6.41. The summed E-state index contributed by atoms with van der Waals surface area (Å²) in [4.78, 5) is 8.47. The van der Waals surface area contributed by atoms with Gasteiger partial charge in [-0.3, -0.25) is 0 Å². The fraction of sp³-hybridized carbons (Fsp3) is 0.692. The molecule has 5 heteroatoms. The number of aliphatic hydroxyl groups is 1. The van der Waals surface area contributed by atoms with E-state index in [4.69, 9.17) is 4.74 Å². The van der Waals surface area contributed by atoms with Gasteiger partial charge in [-0.1, -0.05) is 13.8 Å². The van der Waals surface area contributed by atoms with Crippen molar-refractivity contribution in [2.45, 2.75) is 40.2 Å². The Morgan fingerprint density at radius 1 is 1.39 bits per heavy atom. The first-order chi connectivity index (χ1) is 8.51. The third-order valence-electron chi connectivity index (χ3n) is 2.36. The topological polar surface area (TPSA) is 67.3 Å². The third-order valence-corrected chi connectivity index (χ3v) is 2.36. The van der Waals surface area contributed by atoms with Crippen LogP contribution in [0.4, 0.5) is 5.95 Å². The van der Waals surface area contributed by atoms with Crippen LogP contribution in [0.3, 0.4) is 0 Å². The maximum absolute atomic E-state index is 9.77. The molecule has 0 saturated heterocycles. The maximum Gasteiger partial charge on any atom is 0.226 e. The first kappa shape index (κ1) is 14.7. The third kappa shape index (κ3) is 5.31. The second kappa shape index (κ2) is 7.16. The zero-order valence-corrected chi connectivity index (χ0v) is 11.6. The predicted octanol–water partition coefficient (Wildman–Crippen LogP) is 2.00. The highest BCUT2D eigenvalue weighted by atomic mass is 16.5. The van der Waals surface area contributed by atoms with Crippen molar-refractivity contribution in [1.29, 1.82) is 0 Å². The van der Waals surface area contributed by atoms with Crippen LogP contribution in [0.1, 0.15) is 32.9 Å². The van der Waals surface area contributed by atoms with E-state index < -0.39 is 0 Å². The molecule has 5 nitrogen and oxygen atoms in total. The Morgan fingerprint density at radius 2 is 2.11 bits per heavy atom. The van der Waals surface area contributed by atoms with Crippen LogP contribution in [0.2, 0.25) is 0 Å². The quantitative estimate of drug-likeness (QED) is 0.778. The van der Waals surface area contributed by atoms with Crippen LogP contribution < -0.4 is 10.1 Å². The maximum atomic E-state index is 9.77. The Balaban J connectivity index is 2.56. The van der Waals surface area contributed by atoms with Gasteiger partial charge in [0.15, 0.2) is 0 Å². The number of ether oxygens (including phenoxy) is 1. The van der Waals surface area contributed by atoms with Gasteiger partial charge < -0.3 is 15.2 Å². The molecule has 0 radical (unpaired) electrons. The molecule has 0 bridgehead atoms. The fourth-order valence-electron chi connectivity index (χ4n) is 1.68.